The summed E-state index contributed by atoms with van der Waals surface area (Å²) in [6.45, 7) is 1.71. The highest BCUT2D eigenvalue weighted by atomic mass is 32.1. The highest BCUT2D eigenvalue weighted by Crippen LogP contribution is 2.31. The SMILES string of the molecule is O=C(c1csnn1)N1CCO[C@@H](CC(c2ccccc2)c2ccccc2)C1. The van der Waals surface area contributed by atoms with Crippen molar-refractivity contribution in [2.45, 2.75) is 18.4 Å². The second-order valence-electron chi connectivity index (χ2n) is 6.64. The van der Waals surface area contributed by atoms with Crippen molar-refractivity contribution in [1.82, 2.24) is 14.5 Å². The Morgan fingerprint density at radius 1 is 1.11 bits per heavy atom. The summed E-state index contributed by atoms with van der Waals surface area (Å²) in [6, 6.07) is 21.0. The third-order valence-corrected chi connectivity index (χ3v) is 5.41. The van der Waals surface area contributed by atoms with Gasteiger partial charge in [-0.3, -0.25) is 4.79 Å². The highest BCUT2D eigenvalue weighted by molar-refractivity contribution is 7.03. The first-order chi connectivity index (χ1) is 13.3. The molecular formula is C21H21N3O2S. The van der Waals surface area contributed by atoms with Crippen LogP contribution in [0, 0.1) is 0 Å². The van der Waals surface area contributed by atoms with E-state index in [0.29, 0.717) is 25.4 Å². The number of hydrogen-bond donors (Lipinski definition) is 0. The van der Waals surface area contributed by atoms with Crippen LogP contribution in [0.4, 0.5) is 0 Å². The van der Waals surface area contributed by atoms with Gasteiger partial charge in [-0.05, 0) is 29.1 Å². The van der Waals surface area contributed by atoms with E-state index in [1.165, 1.54) is 22.7 Å². The summed E-state index contributed by atoms with van der Waals surface area (Å²) in [6.07, 6.45) is 0.812. The lowest BCUT2D eigenvalue weighted by Crippen LogP contribution is -2.46. The van der Waals surface area contributed by atoms with Crippen LogP contribution in [0.3, 0.4) is 0 Å². The molecule has 3 aromatic rings. The molecule has 1 amide bonds. The molecule has 27 heavy (non-hydrogen) atoms. The van der Waals surface area contributed by atoms with E-state index in [9.17, 15) is 4.79 Å². The van der Waals surface area contributed by atoms with Crippen molar-refractivity contribution >= 4 is 17.4 Å². The number of morpholine rings is 1. The number of aromatic nitrogens is 2. The zero-order valence-electron chi connectivity index (χ0n) is 14.9. The molecule has 2 aromatic carbocycles. The number of hydrogen-bond acceptors (Lipinski definition) is 5. The van der Waals surface area contributed by atoms with Gasteiger partial charge in [0.25, 0.3) is 5.91 Å². The van der Waals surface area contributed by atoms with Crippen LogP contribution < -0.4 is 0 Å². The summed E-state index contributed by atoms with van der Waals surface area (Å²) >= 11 is 1.20. The van der Waals surface area contributed by atoms with Gasteiger partial charge in [-0.2, -0.15) is 0 Å². The summed E-state index contributed by atoms with van der Waals surface area (Å²) in [7, 11) is 0. The van der Waals surface area contributed by atoms with Crippen molar-refractivity contribution in [3.8, 4) is 0 Å². The van der Waals surface area contributed by atoms with Crippen LogP contribution in [-0.4, -0.2) is 46.2 Å². The Morgan fingerprint density at radius 2 is 1.78 bits per heavy atom. The molecule has 1 fully saturated rings. The van der Waals surface area contributed by atoms with Crippen molar-refractivity contribution < 1.29 is 9.53 Å². The highest BCUT2D eigenvalue weighted by Gasteiger charge is 2.29. The number of nitrogens with zero attached hydrogens (tertiary/aromatic N) is 3. The molecule has 0 unspecified atom stereocenters. The third kappa shape index (κ3) is 4.23. The lowest BCUT2D eigenvalue weighted by Gasteiger charge is -2.34. The van der Waals surface area contributed by atoms with Crippen LogP contribution in [-0.2, 0) is 4.74 Å². The normalized spacial score (nSPS) is 17.2. The molecule has 1 saturated heterocycles. The second kappa shape index (κ2) is 8.41. The van der Waals surface area contributed by atoms with Gasteiger partial charge in [-0.25, -0.2) is 0 Å². The molecule has 0 saturated carbocycles. The molecule has 4 rings (SSSR count). The Morgan fingerprint density at radius 3 is 2.37 bits per heavy atom. The van der Waals surface area contributed by atoms with Gasteiger partial charge in [0.1, 0.15) is 0 Å². The minimum atomic E-state index is -0.0620. The number of amides is 1. The fourth-order valence-electron chi connectivity index (χ4n) is 3.56. The predicted molar refractivity (Wildman–Crippen MR) is 105 cm³/mol. The van der Waals surface area contributed by atoms with Crippen LogP contribution in [0.25, 0.3) is 0 Å². The van der Waals surface area contributed by atoms with Gasteiger partial charge in [0, 0.05) is 24.4 Å². The maximum absolute atomic E-state index is 12.6. The molecule has 138 valence electrons. The Balaban J connectivity index is 1.52. The Kier molecular flexibility index (Phi) is 5.55. The first-order valence-corrected chi connectivity index (χ1v) is 9.93. The van der Waals surface area contributed by atoms with E-state index >= 15 is 0 Å². The van der Waals surface area contributed by atoms with E-state index in [-0.39, 0.29) is 17.9 Å². The Hall–Kier alpha value is -2.57. The van der Waals surface area contributed by atoms with Crippen molar-refractivity contribution in [2.75, 3.05) is 19.7 Å². The van der Waals surface area contributed by atoms with Crippen LogP contribution >= 0.6 is 11.5 Å². The third-order valence-electron chi connectivity index (χ3n) is 4.91. The van der Waals surface area contributed by atoms with E-state index in [2.05, 4.69) is 58.1 Å². The largest absolute Gasteiger partial charge is 0.375 e. The smallest absolute Gasteiger partial charge is 0.275 e. The van der Waals surface area contributed by atoms with Gasteiger partial charge >= 0.3 is 0 Å². The van der Waals surface area contributed by atoms with Crippen LogP contribution in [0.1, 0.15) is 34.0 Å². The first kappa shape index (κ1) is 17.8. The molecule has 0 aliphatic carbocycles. The summed E-state index contributed by atoms with van der Waals surface area (Å²) < 4.78 is 9.82. The number of rotatable bonds is 5. The molecule has 1 atom stereocenters. The van der Waals surface area contributed by atoms with Crippen molar-refractivity contribution in [2.24, 2.45) is 0 Å². The average Bonchev–Trinajstić information content (AvgIpc) is 3.28. The minimum Gasteiger partial charge on any atom is -0.375 e. The van der Waals surface area contributed by atoms with Crippen molar-refractivity contribution in [3.63, 3.8) is 0 Å². The molecule has 6 heteroatoms. The standard InChI is InChI=1S/C21H21N3O2S/c25-21(20-15-27-23-22-20)24-11-12-26-18(14-24)13-19(16-7-3-1-4-8-16)17-9-5-2-6-10-17/h1-10,15,18-19H,11-14H2/t18-/m0/s1. The van der Waals surface area contributed by atoms with E-state index in [1.807, 2.05) is 17.0 Å². The van der Waals surface area contributed by atoms with E-state index in [1.54, 1.807) is 5.38 Å². The summed E-state index contributed by atoms with van der Waals surface area (Å²) in [5.41, 5.74) is 2.95. The molecular weight excluding hydrogens is 358 g/mol. The topological polar surface area (TPSA) is 55.3 Å². The average molecular weight is 379 g/mol. The van der Waals surface area contributed by atoms with Gasteiger partial charge in [0.05, 0.1) is 12.7 Å². The molecule has 1 aliphatic heterocycles. The molecule has 1 aliphatic rings. The number of carbonyl (C=O) groups excluding carboxylic acids is 1. The van der Waals surface area contributed by atoms with Crippen LogP contribution in [0.5, 0.6) is 0 Å². The number of benzene rings is 2. The monoisotopic (exact) mass is 379 g/mol. The molecule has 1 aromatic heterocycles. The Bertz CT molecular complexity index is 816. The van der Waals surface area contributed by atoms with E-state index in [0.717, 1.165) is 6.42 Å². The van der Waals surface area contributed by atoms with Gasteiger partial charge in [-0.1, -0.05) is 65.2 Å². The van der Waals surface area contributed by atoms with Gasteiger partial charge in [0.2, 0.25) is 0 Å². The van der Waals surface area contributed by atoms with E-state index < -0.39 is 0 Å². The minimum absolute atomic E-state index is 0.0142. The maximum atomic E-state index is 12.6. The first-order valence-electron chi connectivity index (χ1n) is 9.09. The summed E-state index contributed by atoms with van der Waals surface area (Å²) in [4.78, 5) is 14.4. The van der Waals surface area contributed by atoms with E-state index in [4.69, 9.17) is 4.74 Å². The molecule has 5 nitrogen and oxygen atoms in total. The fraction of sp³-hybridized carbons (Fsp3) is 0.286. The second-order valence-corrected chi connectivity index (χ2v) is 7.25. The maximum Gasteiger partial charge on any atom is 0.275 e. The van der Waals surface area contributed by atoms with Gasteiger partial charge in [0.15, 0.2) is 5.69 Å². The number of ether oxygens (including phenoxy) is 1. The molecule has 0 N–H and O–H groups in total. The van der Waals surface area contributed by atoms with Gasteiger partial charge < -0.3 is 9.64 Å². The van der Waals surface area contributed by atoms with Crippen LogP contribution in [0.2, 0.25) is 0 Å². The summed E-state index contributed by atoms with van der Waals surface area (Å²) in [5.74, 6) is 0.168. The van der Waals surface area contributed by atoms with Gasteiger partial charge in [-0.15, -0.1) is 5.10 Å². The van der Waals surface area contributed by atoms with Crippen LogP contribution in [0.15, 0.2) is 66.0 Å². The summed E-state index contributed by atoms with van der Waals surface area (Å²) in [5, 5.41) is 5.61. The molecule has 0 spiro atoms. The lowest BCUT2D eigenvalue weighted by atomic mass is 9.86. The zero-order valence-corrected chi connectivity index (χ0v) is 15.7. The zero-order chi connectivity index (χ0) is 18.5. The van der Waals surface area contributed by atoms with Crippen molar-refractivity contribution in [1.29, 1.82) is 0 Å². The quantitative estimate of drug-likeness (QED) is 0.680. The Labute approximate surface area is 162 Å². The lowest BCUT2D eigenvalue weighted by molar-refractivity contribution is -0.0266. The van der Waals surface area contributed by atoms with Crippen molar-refractivity contribution in [3.05, 3.63) is 82.9 Å². The molecule has 0 radical (unpaired) electrons. The molecule has 2 heterocycles. The molecule has 0 bridgehead atoms. The number of carbonyl (C=O) groups is 1. The fourth-order valence-corrected chi connectivity index (χ4v) is 3.99. The predicted octanol–water partition coefficient (Wildman–Crippen LogP) is 3.60.